The van der Waals surface area contributed by atoms with Gasteiger partial charge in [0.2, 0.25) is 0 Å². The van der Waals surface area contributed by atoms with E-state index in [2.05, 4.69) is 19.9 Å². The van der Waals surface area contributed by atoms with Crippen molar-refractivity contribution in [3.05, 3.63) is 21.4 Å². The van der Waals surface area contributed by atoms with E-state index in [-0.39, 0.29) is 0 Å². The van der Waals surface area contributed by atoms with E-state index in [9.17, 15) is 4.21 Å². The molecule has 68 valence electrons. The molecular weight excluding hydrogens is 188 g/mol. The number of rotatable bonds is 3. The maximum Gasteiger partial charge on any atom is 0.0496 e. The normalized spacial score (nSPS) is 13.2. The van der Waals surface area contributed by atoms with E-state index in [1.54, 1.807) is 11.3 Å². The molecule has 0 radical (unpaired) electrons. The van der Waals surface area contributed by atoms with E-state index in [1.807, 2.05) is 6.92 Å². The minimum atomic E-state index is -0.668. The van der Waals surface area contributed by atoms with Gasteiger partial charge in [-0.05, 0) is 25.5 Å². The van der Waals surface area contributed by atoms with Crippen LogP contribution in [0.1, 0.15) is 22.2 Å². The minimum Gasteiger partial charge on any atom is -0.259 e. The van der Waals surface area contributed by atoms with Gasteiger partial charge in [-0.15, -0.1) is 11.3 Å². The average Bonchev–Trinajstić information content (AvgIpc) is 2.30. The van der Waals surface area contributed by atoms with E-state index < -0.39 is 10.8 Å². The van der Waals surface area contributed by atoms with Crippen LogP contribution in [0.15, 0.2) is 6.07 Å². The highest BCUT2D eigenvalue weighted by atomic mass is 32.2. The Balaban J connectivity index is 2.75. The lowest BCUT2D eigenvalue weighted by Crippen LogP contribution is -1.97. The minimum absolute atomic E-state index is 0.668. The Kier molecular flexibility index (Phi) is 3.47. The van der Waals surface area contributed by atoms with Gasteiger partial charge >= 0.3 is 0 Å². The molecule has 0 N–H and O–H groups in total. The van der Waals surface area contributed by atoms with Crippen molar-refractivity contribution >= 4 is 22.1 Å². The molecule has 0 bridgehead atoms. The standard InChI is InChI=1S/C9H14OS2/c1-4-12(10)6-9-5-7(2)11-8(9)3/h5H,4,6H2,1-3H3. The third-order valence-corrected chi connectivity index (χ3v) is 4.07. The van der Waals surface area contributed by atoms with Gasteiger partial charge in [0.25, 0.3) is 0 Å². The molecule has 1 aromatic heterocycles. The summed E-state index contributed by atoms with van der Waals surface area (Å²) in [5.74, 6) is 1.49. The summed E-state index contributed by atoms with van der Waals surface area (Å²) in [6.45, 7) is 6.15. The number of hydrogen-bond acceptors (Lipinski definition) is 2. The Labute approximate surface area is 80.3 Å². The van der Waals surface area contributed by atoms with Crippen LogP contribution in [0.3, 0.4) is 0 Å². The van der Waals surface area contributed by atoms with Crippen LogP contribution >= 0.6 is 11.3 Å². The summed E-state index contributed by atoms with van der Waals surface area (Å²) in [5, 5.41) is 0. The van der Waals surface area contributed by atoms with Crippen LogP contribution in [0.2, 0.25) is 0 Å². The van der Waals surface area contributed by atoms with Crippen molar-refractivity contribution in [2.45, 2.75) is 26.5 Å². The Morgan fingerprint density at radius 3 is 2.58 bits per heavy atom. The van der Waals surface area contributed by atoms with Crippen LogP contribution in [-0.4, -0.2) is 9.96 Å². The zero-order valence-electron chi connectivity index (χ0n) is 7.72. The van der Waals surface area contributed by atoms with Gasteiger partial charge in [0.1, 0.15) is 0 Å². The molecule has 0 aromatic carbocycles. The van der Waals surface area contributed by atoms with Gasteiger partial charge in [0, 0.05) is 32.1 Å². The first-order chi connectivity index (χ1) is 5.63. The van der Waals surface area contributed by atoms with Crippen LogP contribution in [0.5, 0.6) is 0 Å². The molecule has 3 heteroatoms. The Morgan fingerprint density at radius 1 is 1.50 bits per heavy atom. The highest BCUT2D eigenvalue weighted by Crippen LogP contribution is 2.21. The molecule has 1 nitrogen and oxygen atoms in total. The summed E-state index contributed by atoms with van der Waals surface area (Å²) in [6.07, 6.45) is 0. The van der Waals surface area contributed by atoms with Crippen molar-refractivity contribution in [2.24, 2.45) is 0 Å². The molecule has 0 aliphatic carbocycles. The molecule has 0 fully saturated rings. The Morgan fingerprint density at radius 2 is 2.17 bits per heavy atom. The van der Waals surface area contributed by atoms with E-state index >= 15 is 0 Å². The van der Waals surface area contributed by atoms with E-state index in [1.165, 1.54) is 15.3 Å². The fraction of sp³-hybridized carbons (Fsp3) is 0.556. The topological polar surface area (TPSA) is 17.1 Å². The van der Waals surface area contributed by atoms with Gasteiger partial charge in [0.15, 0.2) is 0 Å². The zero-order chi connectivity index (χ0) is 9.14. The summed E-state index contributed by atoms with van der Waals surface area (Å²) < 4.78 is 11.3. The van der Waals surface area contributed by atoms with Gasteiger partial charge in [-0.25, -0.2) is 0 Å². The van der Waals surface area contributed by atoms with E-state index in [0.29, 0.717) is 0 Å². The Hall–Kier alpha value is -0.150. The van der Waals surface area contributed by atoms with Crippen molar-refractivity contribution in [3.63, 3.8) is 0 Å². The average molecular weight is 202 g/mol. The molecule has 0 aliphatic heterocycles. The second-order valence-electron chi connectivity index (χ2n) is 2.81. The quantitative estimate of drug-likeness (QED) is 0.736. The van der Waals surface area contributed by atoms with Crippen LogP contribution in [-0.2, 0) is 16.6 Å². The van der Waals surface area contributed by atoms with Crippen molar-refractivity contribution < 1.29 is 4.21 Å². The molecule has 1 rings (SSSR count). The third kappa shape index (κ3) is 2.42. The first-order valence-electron chi connectivity index (χ1n) is 4.04. The lowest BCUT2D eigenvalue weighted by atomic mass is 10.3. The smallest absolute Gasteiger partial charge is 0.0496 e. The predicted octanol–water partition coefficient (Wildman–Crippen LogP) is 2.63. The lowest BCUT2D eigenvalue weighted by molar-refractivity contribution is 0.683. The zero-order valence-corrected chi connectivity index (χ0v) is 9.35. The summed E-state index contributed by atoms with van der Waals surface area (Å²) in [6, 6.07) is 2.15. The molecular formula is C9H14OS2. The molecule has 0 saturated heterocycles. The molecule has 0 amide bonds. The number of thiophene rings is 1. The van der Waals surface area contributed by atoms with Crippen LogP contribution < -0.4 is 0 Å². The summed E-state index contributed by atoms with van der Waals surface area (Å²) in [4.78, 5) is 2.63. The summed E-state index contributed by atoms with van der Waals surface area (Å²) >= 11 is 1.79. The first-order valence-corrected chi connectivity index (χ1v) is 6.34. The van der Waals surface area contributed by atoms with Crippen LogP contribution in [0.25, 0.3) is 0 Å². The molecule has 0 aliphatic rings. The second-order valence-corrected chi connectivity index (χ2v) is 6.02. The lowest BCUT2D eigenvalue weighted by Gasteiger charge is -1.96. The van der Waals surface area contributed by atoms with Crippen molar-refractivity contribution in [3.8, 4) is 0 Å². The molecule has 1 atom stereocenters. The third-order valence-electron chi connectivity index (χ3n) is 1.78. The number of hydrogen-bond donors (Lipinski definition) is 0. The van der Waals surface area contributed by atoms with E-state index in [4.69, 9.17) is 0 Å². The highest BCUT2D eigenvalue weighted by molar-refractivity contribution is 7.84. The van der Waals surface area contributed by atoms with Gasteiger partial charge in [0.05, 0.1) is 0 Å². The molecule has 1 heterocycles. The summed E-state index contributed by atoms with van der Waals surface area (Å²) in [7, 11) is -0.668. The van der Waals surface area contributed by atoms with Gasteiger partial charge in [-0.3, -0.25) is 4.21 Å². The van der Waals surface area contributed by atoms with Crippen molar-refractivity contribution in [2.75, 3.05) is 5.75 Å². The summed E-state index contributed by atoms with van der Waals surface area (Å²) in [5.41, 5.74) is 1.26. The van der Waals surface area contributed by atoms with Crippen LogP contribution in [0, 0.1) is 13.8 Å². The molecule has 1 unspecified atom stereocenters. The number of aryl methyl sites for hydroxylation is 2. The predicted molar refractivity (Wildman–Crippen MR) is 56.2 cm³/mol. The SMILES string of the molecule is CCS(=O)Cc1cc(C)sc1C. The fourth-order valence-electron chi connectivity index (χ4n) is 1.10. The Bertz CT molecular complexity index is 289. The largest absolute Gasteiger partial charge is 0.259 e. The second kappa shape index (κ2) is 4.19. The van der Waals surface area contributed by atoms with Gasteiger partial charge in [-0.2, -0.15) is 0 Å². The maximum atomic E-state index is 11.3. The monoisotopic (exact) mass is 202 g/mol. The molecule has 1 aromatic rings. The van der Waals surface area contributed by atoms with E-state index in [0.717, 1.165) is 11.5 Å². The highest BCUT2D eigenvalue weighted by Gasteiger charge is 2.05. The molecule has 12 heavy (non-hydrogen) atoms. The molecule has 0 spiro atoms. The van der Waals surface area contributed by atoms with Gasteiger partial charge < -0.3 is 0 Å². The fourth-order valence-corrected chi connectivity index (χ4v) is 2.99. The molecule has 0 saturated carbocycles. The maximum absolute atomic E-state index is 11.3. The first kappa shape index (κ1) is 9.93. The van der Waals surface area contributed by atoms with Crippen molar-refractivity contribution in [1.82, 2.24) is 0 Å². The van der Waals surface area contributed by atoms with Crippen LogP contribution in [0.4, 0.5) is 0 Å². The van der Waals surface area contributed by atoms with Crippen molar-refractivity contribution in [1.29, 1.82) is 0 Å². The van der Waals surface area contributed by atoms with Gasteiger partial charge in [-0.1, -0.05) is 6.92 Å².